The molecule has 1 aromatic carbocycles. The minimum atomic E-state index is 1.24. The molecule has 54 valence electrons. The fourth-order valence-corrected chi connectivity index (χ4v) is 4.77. The number of halogens is 2. The molecule has 0 amide bonds. The number of rotatable bonds is 1. The van der Waals surface area contributed by atoms with E-state index in [0.717, 1.165) is 0 Å². The molecule has 0 saturated carbocycles. The zero-order chi connectivity index (χ0) is 7.56. The number of benzene rings is 1. The standard InChI is InChI=1S/C7H8BrISi/c8-6-2-1-3-7(9)5(6)4-10/h1-3H,4H2,10H3. The second-order valence-corrected chi connectivity index (χ2v) is 4.78. The summed E-state index contributed by atoms with van der Waals surface area (Å²) in [7, 11) is 1.24. The van der Waals surface area contributed by atoms with Crippen LogP contribution in [0.2, 0.25) is 0 Å². The van der Waals surface area contributed by atoms with Crippen molar-refractivity contribution in [3.05, 3.63) is 31.8 Å². The van der Waals surface area contributed by atoms with Gasteiger partial charge >= 0.3 is 0 Å². The summed E-state index contributed by atoms with van der Waals surface area (Å²) in [5.41, 5.74) is 1.47. The Morgan fingerprint density at radius 2 is 2.20 bits per heavy atom. The van der Waals surface area contributed by atoms with Crippen LogP contribution in [0.15, 0.2) is 22.7 Å². The zero-order valence-electron chi connectivity index (χ0n) is 5.70. The van der Waals surface area contributed by atoms with Crippen LogP contribution in [0, 0.1) is 3.57 Å². The van der Waals surface area contributed by atoms with Crippen LogP contribution in [0.25, 0.3) is 0 Å². The summed E-state index contributed by atoms with van der Waals surface area (Å²) in [6, 6.07) is 7.57. The van der Waals surface area contributed by atoms with Crippen molar-refractivity contribution in [2.45, 2.75) is 6.04 Å². The maximum Gasteiger partial charge on any atom is 0.0214 e. The molecule has 0 atom stereocenters. The fourth-order valence-electron chi connectivity index (χ4n) is 0.870. The van der Waals surface area contributed by atoms with Gasteiger partial charge in [-0.1, -0.05) is 22.0 Å². The smallest absolute Gasteiger partial charge is 0.0214 e. The molecule has 0 heterocycles. The Morgan fingerprint density at radius 1 is 1.50 bits per heavy atom. The molecule has 3 heteroatoms. The van der Waals surface area contributed by atoms with Crippen LogP contribution in [0.3, 0.4) is 0 Å². The molecular formula is C7H8BrISi. The van der Waals surface area contributed by atoms with E-state index < -0.39 is 0 Å². The molecule has 0 N–H and O–H groups in total. The largest absolute Gasteiger partial charge is 0.0601 e. The van der Waals surface area contributed by atoms with Gasteiger partial charge in [-0.2, -0.15) is 0 Å². The maximum absolute atomic E-state index is 3.52. The average Bonchev–Trinajstić information content (AvgIpc) is 1.88. The van der Waals surface area contributed by atoms with E-state index in [1.165, 1.54) is 29.9 Å². The molecule has 10 heavy (non-hydrogen) atoms. The minimum absolute atomic E-state index is 1.24. The predicted octanol–water partition coefficient (Wildman–Crippen LogP) is 1.92. The van der Waals surface area contributed by atoms with Gasteiger partial charge in [0.05, 0.1) is 0 Å². The van der Waals surface area contributed by atoms with Crippen molar-refractivity contribution >= 4 is 48.8 Å². The first-order valence-corrected chi connectivity index (χ1v) is 6.47. The van der Waals surface area contributed by atoms with Crippen LogP contribution >= 0.6 is 38.5 Å². The quantitative estimate of drug-likeness (QED) is 0.546. The van der Waals surface area contributed by atoms with Gasteiger partial charge in [-0.25, -0.2) is 0 Å². The van der Waals surface area contributed by atoms with Gasteiger partial charge in [0.2, 0.25) is 0 Å². The van der Waals surface area contributed by atoms with Crippen LogP contribution in [-0.2, 0) is 6.04 Å². The average molecular weight is 327 g/mol. The Kier molecular flexibility index (Phi) is 3.39. The van der Waals surface area contributed by atoms with Crippen LogP contribution in [0.5, 0.6) is 0 Å². The van der Waals surface area contributed by atoms with Gasteiger partial charge in [-0.3, -0.25) is 0 Å². The second-order valence-electron chi connectivity index (χ2n) is 2.05. The SMILES string of the molecule is [SiH3]Cc1c(Br)cccc1I. The van der Waals surface area contributed by atoms with Gasteiger partial charge in [0.1, 0.15) is 0 Å². The van der Waals surface area contributed by atoms with Gasteiger partial charge < -0.3 is 0 Å². The molecule has 0 aliphatic heterocycles. The maximum atomic E-state index is 3.52. The highest BCUT2D eigenvalue weighted by Crippen LogP contribution is 2.21. The van der Waals surface area contributed by atoms with Crippen molar-refractivity contribution < 1.29 is 0 Å². The summed E-state index contributed by atoms with van der Waals surface area (Å²) in [6.07, 6.45) is 0. The van der Waals surface area contributed by atoms with Crippen molar-refractivity contribution in [3.63, 3.8) is 0 Å². The number of hydrogen-bond acceptors (Lipinski definition) is 0. The molecule has 0 fully saturated rings. The summed E-state index contributed by atoms with van der Waals surface area (Å²) in [5.74, 6) is 0. The van der Waals surface area contributed by atoms with E-state index in [1.54, 1.807) is 0 Å². The van der Waals surface area contributed by atoms with E-state index in [4.69, 9.17) is 0 Å². The Morgan fingerprint density at radius 3 is 2.60 bits per heavy atom. The monoisotopic (exact) mass is 326 g/mol. The van der Waals surface area contributed by atoms with Gasteiger partial charge in [-0.05, 0) is 46.3 Å². The lowest BCUT2D eigenvalue weighted by Crippen LogP contribution is -1.89. The zero-order valence-corrected chi connectivity index (χ0v) is 11.4. The molecule has 0 bridgehead atoms. The molecule has 0 nitrogen and oxygen atoms in total. The molecule has 0 saturated heterocycles. The summed E-state index contributed by atoms with van der Waals surface area (Å²) in [4.78, 5) is 0. The van der Waals surface area contributed by atoms with E-state index in [1.807, 2.05) is 0 Å². The van der Waals surface area contributed by atoms with Gasteiger partial charge in [0.25, 0.3) is 0 Å². The first-order valence-electron chi connectivity index (χ1n) is 3.18. The predicted molar refractivity (Wildman–Crippen MR) is 60.5 cm³/mol. The Hall–Kier alpha value is 0.647. The highest BCUT2D eigenvalue weighted by atomic mass is 127. The van der Waals surface area contributed by atoms with Crippen molar-refractivity contribution in [2.75, 3.05) is 0 Å². The first kappa shape index (κ1) is 8.74. The third kappa shape index (κ3) is 1.82. The molecule has 0 aliphatic carbocycles. The third-order valence-corrected chi connectivity index (χ3v) is 3.88. The highest BCUT2D eigenvalue weighted by molar-refractivity contribution is 14.1. The Labute approximate surface area is 86.1 Å². The summed E-state index contributed by atoms with van der Waals surface area (Å²) < 4.78 is 2.64. The normalized spacial score (nSPS) is 10.2. The van der Waals surface area contributed by atoms with Crippen molar-refractivity contribution in [3.8, 4) is 0 Å². The topological polar surface area (TPSA) is 0 Å². The Balaban J connectivity index is 3.17. The lowest BCUT2D eigenvalue weighted by Gasteiger charge is -2.02. The first-order chi connectivity index (χ1) is 4.75. The van der Waals surface area contributed by atoms with E-state index in [9.17, 15) is 0 Å². The van der Waals surface area contributed by atoms with Gasteiger partial charge in [0.15, 0.2) is 0 Å². The Bertz CT molecular complexity index is 217. The number of hydrogen-bond donors (Lipinski definition) is 0. The molecular weight excluding hydrogens is 319 g/mol. The van der Waals surface area contributed by atoms with E-state index >= 15 is 0 Å². The van der Waals surface area contributed by atoms with E-state index in [0.29, 0.717) is 0 Å². The summed E-state index contributed by atoms with van der Waals surface area (Å²) in [6.45, 7) is 0. The molecule has 1 rings (SSSR count). The molecule has 0 radical (unpaired) electrons. The van der Waals surface area contributed by atoms with Crippen molar-refractivity contribution in [2.24, 2.45) is 0 Å². The molecule has 1 aromatic rings. The summed E-state index contributed by atoms with van der Waals surface area (Å²) >= 11 is 5.90. The van der Waals surface area contributed by atoms with Crippen LogP contribution in [0.4, 0.5) is 0 Å². The van der Waals surface area contributed by atoms with E-state index in [-0.39, 0.29) is 0 Å². The van der Waals surface area contributed by atoms with Crippen molar-refractivity contribution in [1.82, 2.24) is 0 Å². The second kappa shape index (κ2) is 3.87. The van der Waals surface area contributed by atoms with Crippen LogP contribution in [0.1, 0.15) is 5.56 Å². The third-order valence-electron chi connectivity index (χ3n) is 1.42. The van der Waals surface area contributed by atoms with Gasteiger partial charge in [0, 0.05) is 18.3 Å². The highest BCUT2D eigenvalue weighted by Gasteiger charge is 1.99. The van der Waals surface area contributed by atoms with Crippen LogP contribution < -0.4 is 0 Å². The van der Waals surface area contributed by atoms with Gasteiger partial charge in [-0.15, -0.1) is 0 Å². The molecule has 0 unspecified atom stereocenters. The fraction of sp³-hybridized carbons (Fsp3) is 0.143. The molecule has 0 spiro atoms. The lowest BCUT2D eigenvalue weighted by atomic mass is 10.2. The van der Waals surface area contributed by atoms with Crippen molar-refractivity contribution in [1.29, 1.82) is 0 Å². The summed E-state index contributed by atoms with van der Waals surface area (Å²) in [5, 5.41) is 0. The van der Waals surface area contributed by atoms with Crippen LogP contribution in [-0.4, -0.2) is 10.2 Å². The molecule has 0 aromatic heterocycles. The lowest BCUT2D eigenvalue weighted by molar-refractivity contribution is 1.33. The minimum Gasteiger partial charge on any atom is -0.0601 e. The van der Waals surface area contributed by atoms with E-state index in [2.05, 4.69) is 56.7 Å². The molecule has 0 aliphatic rings.